The lowest BCUT2D eigenvalue weighted by molar-refractivity contribution is -0.127. The number of piperidine rings is 1. The van der Waals surface area contributed by atoms with Gasteiger partial charge in [0, 0.05) is 79.9 Å². The molecule has 3 aliphatic rings. The van der Waals surface area contributed by atoms with Gasteiger partial charge in [-0.3, -0.25) is 14.7 Å². The van der Waals surface area contributed by atoms with E-state index >= 15 is 0 Å². The molecule has 2 saturated heterocycles. The van der Waals surface area contributed by atoms with Crippen LogP contribution in [0, 0.1) is 0 Å². The molecule has 0 spiro atoms. The van der Waals surface area contributed by atoms with Crippen LogP contribution in [0.4, 0.5) is 9.59 Å². The van der Waals surface area contributed by atoms with Crippen molar-refractivity contribution in [3.63, 3.8) is 0 Å². The van der Waals surface area contributed by atoms with Gasteiger partial charge in [0.2, 0.25) is 5.91 Å². The molecule has 0 radical (unpaired) electrons. The second-order valence-corrected chi connectivity index (χ2v) is 15.6. The highest BCUT2D eigenvalue weighted by atomic mass is 79.9. The number of aryl methyl sites for hydroxylation is 3. The number of amides is 4. The zero-order chi connectivity index (χ0) is 35.4. The van der Waals surface area contributed by atoms with Gasteiger partial charge >= 0.3 is 12.1 Å². The molecule has 2 N–H and O–H groups in total. The number of likely N-dealkylation sites (tertiary alicyclic amines) is 1. The average molecular weight is 770 g/mol. The van der Waals surface area contributed by atoms with Crippen LogP contribution in [0.15, 0.2) is 53.7 Å². The monoisotopic (exact) mass is 768 g/mol. The van der Waals surface area contributed by atoms with Crippen molar-refractivity contribution in [3.8, 4) is 0 Å². The molecule has 0 bridgehead atoms. The average Bonchev–Trinajstić information content (AvgIpc) is 3.55. The molecule has 3 aromatic rings. The smallest absolute Gasteiger partial charge is 0.410 e. The van der Waals surface area contributed by atoms with Gasteiger partial charge in [0.05, 0.1) is 18.1 Å². The Balaban J connectivity index is 1.19. The first-order valence-electron chi connectivity index (χ1n) is 17.4. The molecule has 2 unspecified atom stereocenters. The number of fused-ring (bicyclic) bond motifs is 2. The van der Waals surface area contributed by atoms with Gasteiger partial charge < -0.3 is 29.7 Å². The predicted octanol–water partition coefficient (Wildman–Crippen LogP) is 5.18. The molecule has 0 saturated carbocycles. The minimum Gasteiger partial charge on any atom is -0.444 e. The number of nitrogens with one attached hydrogen (secondary N) is 2. The van der Waals surface area contributed by atoms with Gasteiger partial charge in [-0.1, -0.05) is 17.7 Å². The normalized spacial score (nSPS) is 20.0. The number of urea groups is 1. The third kappa shape index (κ3) is 8.78. The summed E-state index contributed by atoms with van der Waals surface area (Å²) in [4.78, 5) is 55.2. The first kappa shape index (κ1) is 36.1. The number of hydrogen-bond donors (Lipinski definition) is 2. The summed E-state index contributed by atoms with van der Waals surface area (Å²) in [7, 11) is 0. The molecule has 1 aromatic carbocycles. The van der Waals surface area contributed by atoms with Gasteiger partial charge in [-0.15, -0.1) is 0 Å². The number of hydrogen-bond acceptors (Lipinski definition) is 7. The lowest BCUT2D eigenvalue weighted by Crippen LogP contribution is -2.64. The van der Waals surface area contributed by atoms with Gasteiger partial charge in [-0.25, -0.2) is 14.6 Å². The molecule has 4 heterocycles. The molecule has 4 amide bonds. The van der Waals surface area contributed by atoms with E-state index in [2.05, 4.69) is 48.6 Å². The van der Waals surface area contributed by atoms with Crippen LogP contribution in [-0.2, 0) is 28.9 Å². The van der Waals surface area contributed by atoms with E-state index in [1.54, 1.807) is 22.3 Å². The van der Waals surface area contributed by atoms with Crippen molar-refractivity contribution in [2.24, 2.45) is 0 Å². The van der Waals surface area contributed by atoms with Crippen LogP contribution < -0.4 is 10.6 Å². The first-order valence-corrected chi connectivity index (χ1v) is 18.6. The van der Waals surface area contributed by atoms with Gasteiger partial charge in [0.25, 0.3) is 0 Å². The van der Waals surface area contributed by atoms with Gasteiger partial charge in [-0.2, -0.15) is 0 Å². The van der Waals surface area contributed by atoms with Crippen LogP contribution in [-0.4, -0.2) is 104 Å². The zero-order valence-corrected chi connectivity index (χ0v) is 31.3. The van der Waals surface area contributed by atoms with E-state index < -0.39 is 11.6 Å². The third-order valence-electron chi connectivity index (χ3n) is 9.56. The molecule has 1 aliphatic carbocycles. The Morgan fingerprint density at radius 3 is 2.58 bits per heavy atom. The van der Waals surface area contributed by atoms with Crippen molar-refractivity contribution in [3.05, 3.63) is 81.1 Å². The fraction of sp³-hybridized carbons (Fsp3) is 0.528. The molecule has 14 heteroatoms. The highest BCUT2D eigenvalue weighted by Gasteiger charge is 2.41. The van der Waals surface area contributed by atoms with Crippen LogP contribution in [0.2, 0.25) is 5.02 Å². The fourth-order valence-corrected chi connectivity index (χ4v) is 7.66. The van der Waals surface area contributed by atoms with E-state index in [1.165, 1.54) is 0 Å². The topological polar surface area (TPSA) is 125 Å². The molecule has 2 aromatic heterocycles. The largest absolute Gasteiger partial charge is 0.444 e. The van der Waals surface area contributed by atoms with Crippen molar-refractivity contribution < 1.29 is 19.1 Å². The molecule has 12 nitrogen and oxygen atoms in total. The van der Waals surface area contributed by atoms with E-state index in [1.807, 2.05) is 49.9 Å². The summed E-state index contributed by atoms with van der Waals surface area (Å²) < 4.78 is 8.43. The number of rotatable bonds is 7. The molecule has 2 aliphatic heterocycles. The first-order chi connectivity index (χ1) is 23.9. The standard InChI is InChI=1S/C36H46BrClN8O4/c1-36(2,3)50-35(49)44-14-9-28(10-15-44)42-34(48)46-18-17-45(22-30(46)33(47)40-11-4-13-43-16-12-39-23-43)32-29-8-7-27(38)20-24(29)5-6-25-19-26(37)21-41-31(25)32/h7-8,12,16,19-21,23,28,30,32H,4-6,9-11,13-15,17-18,22H2,1-3H3,(H,40,47)(H,42,48). The second kappa shape index (κ2) is 15.7. The zero-order valence-electron chi connectivity index (χ0n) is 28.9. The Kier molecular flexibility index (Phi) is 11.3. The maximum atomic E-state index is 14.0. The van der Waals surface area contributed by atoms with Crippen molar-refractivity contribution in [2.75, 3.05) is 39.3 Å². The summed E-state index contributed by atoms with van der Waals surface area (Å²) in [6.07, 6.45) is 10.5. The number of imidazole rings is 1. The number of carbonyl (C=O) groups is 3. The summed E-state index contributed by atoms with van der Waals surface area (Å²) in [5.41, 5.74) is 3.82. The predicted molar refractivity (Wildman–Crippen MR) is 194 cm³/mol. The molecular weight excluding hydrogens is 724 g/mol. The van der Waals surface area contributed by atoms with Gasteiger partial charge in [0.1, 0.15) is 11.6 Å². The maximum absolute atomic E-state index is 14.0. The summed E-state index contributed by atoms with van der Waals surface area (Å²) >= 11 is 10.1. The minimum atomic E-state index is -0.725. The van der Waals surface area contributed by atoms with E-state index in [4.69, 9.17) is 21.3 Å². The van der Waals surface area contributed by atoms with Crippen LogP contribution in [0.1, 0.15) is 68.5 Å². The summed E-state index contributed by atoms with van der Waals surface area (Å²) in [6.45, 7) is 8.97. The van der Waals surface area contributed by atoms with Crippen molar-refractivity contribution in [2.45, 2.75) is 83.1 Å². The molecule has 268 valence electrons. The SMILES string of the molecule is CC(C)(C)OC(=O)N1CCC(NC(=O)N2CCN(C3c4ccc(Cl)cc4CCc4cc(Br)cnc43)CC2C(=O)NCCCn2ccnc2)CC1. The van der Waals surface area contributed by atoms with Crippen molar-refractivity contribution >= 4 is 45.6 Å². The summed E-state index contributed by atoms with van der Waals surface area (Å²) in [5, 5.41) is 6.98. The number of pyridine rings is 1. The quantitative estimate of drug-likeness (QED) is 0.318. The number of ether oxygens (including phenoxy) is 1. The Hall–Kier alpha value is -3.68. The number of halogens is 2. The Morgan fingerprint density at radius 2 is 1.84 bits per heavy atom. The summed E-state index contributed by atoms with van der Waals surface area (Å²) in [5.74, 6) is -0.191. The van der Waals surface area contributed by atoms with Crippen LogP contribution in [0.5, 0.6) is 0 Å². The number of piperazine rings is 1. The van der Waals surface area contributed by atoms with E-state index in [0.717, 1.165) is 52.7 Å². The summed E-state index contributed by atoms with van der Waals surface area (Å²) in [6, 6.07) is 6.84. The van der Waals surface area contributed by atoms with E-state index in [-0.39, 0.29) is 30.1 Å². The minimum absolute atomic E-state index is 0.119. The third-order valence-corrected chi connectivity index (χ3v) is 10.2. The number of benzene rings is 1. The van der Waals surface area contributed by atoms with Crippen LogP contribution >= 0.6 is 27.5 Å². The highest BCUT2D eigenvalue weighted by Crippen LogP contribution is 2.38. The van der Waals surface area contributed by atoms with Crippen LogP contribution in [0.25, 0.3) is 0 Å². The number of nitrogens with zero attached hydrogens (tertiary/aromatic N) is 6. The Morgan fingerprint density at radius 1 is 1.06 bits per heavy atom. The molecule has 6 rings (SSSR count). The highest BCUT2D eigenvalue weighted by molar-refractivity contribution is 9.10. The van der Waals surface area contributed by atoms with Crippen molar-refractivity contribution in [1.82, 2.24) is 39.9 Å². The van der Waals surface area contributed by atoms with Crippen LogP contribution in [0.3, 0.4) is 0 Å². The van der Waals surface area contributed by atoms with E-state index in [9.17, 15) is 14.4 Å². The molecule has 2 atom stereocenters. The number of carbonyl (C=O) groups excluding carboxylic acids is 3. The van der Waals surface area contributed by atoms with Crippen molar-refractivity contribution in [1.29, 1.82) is 0 Å². The molecule has 50 heavy (non-hydrogen) atoms. The molecular formula is C36H46BrClN8O4. The van der Waals surface area contributed by atoms with Gasteiger partial charge in [0.15, 0.2) is 0 Å². The van der Waals surface area contributed by atoms with Gasteiger partial charge in [-0.05, 0) is 104 Å². The maximum Gasteiger partial charge on any atom is 0.410 e. The molecule has 2 fully saturated rings. The lowest BCUT2D eigenvalue weighted by atomic mass is 9.95. The fourth-order valence-electron chi connectivity index (χ4n) is 7.09. The Bertz CT molecular complexity index is 1620. The Labute approximate surface area is 307 Å². The second-order valence-electron chi connectivity index (χ2n) is 14.3. The number of aromatic nitrogens is 3. The van der Waals surface area contributed by atoms with E-state index in [0.29, 0.717) is 57.1 Å². The lowest BCUT2D eigenvalue weighted by Gasteiger charge is -2.44.